The number of nitrogens with one attached hydrogen (secondary N) is 1. The largest absolute Gasteiger partial charge is 0.446 e. The Bertz CT molecular complexity index is 944. The standard InChI is InChI=1S/C16H13BrF2N4O2S/c1-2-23-15(12-5-6-13(17)25-12)21-22-16(23)26-8-14(24)20-11-4-3-9(18)7-10(11)19/h3-7H,2,8H2,1H3,(H,20,24). The lowest BCUT2D eigenvalue weighted by atomic mass is 10.3. The first-order chi connectivity index (χ1) is 12.5. The van der Waals surface area contributed by atoms with Crippen LogP contribution in [-0.4, -0.2) is 26.4 Å². The average Bonchev–Trinajstić information content (AvgIpc) is 3.21. The van der Waals surface area contributed by atoms with Gasteiger partial charge in [-0.2, -0.15) is 0 Å². The number of amides is 1. The number of rotatable bonds is 6. The van der Waals surface area contributed by atoms with Crippen molar-refractivity contribution >= 4 is 39.3 Å². The van der Waals surface area contributed by atoms with Gasteiger partial charge in [0, 0.05) is 12.6 Å². The number of carbonyl (C=O) groups is 1. The maximum atomic E-state index is 13.6. The molecule has 2 aromatic heterocycles. The highest BCUT2D eigenvalue weighted by Gasteiger charge is 2.17. The molecule has 1 N–H and O–H groups in total. The maximum Gasteiger partial charge on any atom is 0.234 e. The number of halogens is 3. The molecule has 0 aliphatic rings. The van der Waals surface area contributed by atoms with E-state index in [1.165, 1.54) is 6.07 Å². The van der Waals surface area contributed by atoms with Gasteiger partial charge in [-0.1, -0.05) is 11.8 Å². The zero-order valence-electron chi connectivity index (χ0n) is 13.5. The molecule has 0 radical (unpaired) electrons. The smallest absolute Gasteiger partial charge is 0.234 e. The van der Waals surface area contributed by atoms with Gasteiger partial charge in [0.2, 0.25) is 11.7 Å². The topological polar surface area (TPSA) is 73.0 Å². The molecule has 1 amide bonds. The minimum Gasteiger partial charge on any atom is -0.446 e. The Kier molecular flexibility index (Phi) is 5.72. The van der Waals surface area contributed by atoms with Crippen LogP contribution < -0.4 is 5.32 Å². The van der Waals surface area contributed by atoms with E-state index in [0.717, 1.165) is 17.8 Å². The van der Waals surface area contributed by atoms with Crippen LogP contribution in [0.1, 0.15) is 6.92 Å². The highest BCUT2D eigenvalue weighted by Crippen LogP contribution is 2.27. The summed E-state index contributed by atoms with van der Waals surface area (Å²) >= 11 is 4.40. The molecule has 3 rings (SSSR count). The molecule has 0 spiro atoms. The average molecular weight is 443 g/mol. The normalized spacial score (nSPS) is 10.9. The van der Waals surface area contributed by atoms with Gasteiger partial charge in [0.25, 0.3) is 0 Å². The quantitative estimate of drug-likeness (QED) is 0.575. The third-order valence-corrected chi connectivity index (χ3v) is 4.76. The van der Waals surface area contributed by atoms with Crippen LogP contribution >= 0.6 is 27.7 Å². The van der Waals surface area contributed by atoms with Crippen molar-refractivity contribution < 1.29 is 18.0 Å². The van der Waals surface area contributed by atoms with Gasteiger partial charge in [0.05, 0.1) is 11.4 Å². The van der Waals surface area contributed by atoms with E-state index in [-0.39, 0.29) is 11.4 Å². The second-order valence-electron chi connectivity index (χ2n) is 5.12. The van der Waals surface area contributed by atoms with Gasteiger partial charge in [0.1, 0.15) is 11.6 Å². The molecule has 0 saturated carbocycles. The second-order valence-corrected chi connectivity index (χ2v) is 6.84. The van der Waals surface area contributed by atoms with Crippen molar-refractivity contribution in [2.45, 2.75) is 18.6 Å². The first-order valence-corrected chi connectivity index (χ1v) is 9.32. The highest BCUT2D eigenvalue weighted by atomic mass is 79.9. The van der Waals surface area contributed by atoms with Crippen LogP contribution in [0.2, 0.25) is 0 Å². The molecule has 136 valence electrons. The number of aromatic nitrogens is 3. The number of furan rings is 1. The van der Waals surface area contributed by atoms with E-state index in [9.17, 15) is 13.6 Å². The molecule has 3 aromatic rings. The highest BCUT2D eigenvalue weighted by molar-refractivity contribution is 9.10. The molecule has 26 heavy (non-hydrogen) atoms. The molecule has 10 heteroatoms. The number of carbonyl (C=O) groups excluding carboxylic acids is 1. The number of hydrogen-bond donors (Lipinski definition) is 1. The van der Waals surface area contributed by atoms with Crippen LogP contribution in [0, 0.1) is 11.6 Å². The van der Waals surface area contributed by atoms with E-state index in [1.54, 1.807) is 12.1 Å². The van der Waals surface area contributed by atoms with E-state index >= 15 is 0 Å². The van der Waals surface area contributed by atoms with E-state index in [0.29, 0.717) is 34.0 Å². The summed E-state index contributed by atoms with van der Waals surface area (Å²) in [6.07, 6.45) is 0. The number of nitrogens with zero attached hydrogens (tertiary/aromatic N) is 3. The molecular weight excluding hydrogens is 430 g/mol. The molecule has 0 fully saturated rings. The second kappa shape index (κ2) is 8.00. The summed E-state index contributed by atoms with van der Waals surface area (Å²) in [6.45, 7) is 2.50. The monoisotopic (exact) mass is 442 g/mol. The molecule has 0 aliphatic heterocycles. The molecule has 6 nitrogen and oxygen atoms in total. The van der Waals surface area contributed by atoms with E-state index in [4.69, 9.17) is 4.42 Å². The summed E-state index contributed by atoms with van der Waals surface area (Å²) in [5.74, 6) is -0.875. The lowest BCUT2D eigenvalue weighted by Gasteiger charge is -2.07. The molecule has 0 aliphatic carbocycles. The fraction of sp³-hybridized carbons (Fsp3) is 0.188. The Labute approximate surface area is 160 Å². The SMILES string of the molecule is CCn1c(SCC(=O)Nc2ccc(F)cc2F)nnc1-c1ccc(Br)o1. The zero-order valence-corrected chi connectivity index (χ0v) is 15.9. The molecule has 2 heterocycles. The van der Waals surface area contributed by atoms with Crippen LogP contribution in [0.5, 0.6) is 0 Å². The van der Waals surface area contributed by atoms with Crippen LogP contribution in [0.3, 0.4) is 0 Å². The fourth-order valence-corrected chi connectivity index (χ4v) is 3.31. The van der Waals surface area contributed by atoms with E-state index in [1.807, 2.05) is 11.5 Å². The first kappa shape index (κ1) is 18.6. The van der Waals surface area contributed by atoms with Crippen molar-refractivity contribution in [2.24, 2.45) is 0 Å². The molecule has 0 bridgehead atoms. The van der Waals surface area contributed by atoms with Crippen molar-refractivity contribution in [3.63, 3.8) is 0 Å². The van der Waals surface area contributed by atoms with Gasteiger partial charge < -0.3 is 9.73 Å². The molecule has 0 saturated heterocycles. The Morgan fingerprint density at radius 3 is 2.77 bits per heavy atom. The maximum absolute atomic E-state index is 13.6. The fourth-order valence-electron chi connectivity index (χ4n) is 2.20. The summed E-state index contributed by atoms with van der Waals surface area (Å²) < 4.78 is 34.3. The summed E-state index contributed by atoms with van der Waals surface area (Å²) in [5.41, 5.74) is -0.0740. The first-order valence-electron chi connectivity index (χ1n) is 7.54. The predicted molar refractivity (Wildman–Crippen MR) is 96.8 cm³/mol. The molecule has 0 unspecified atom stereocenters. The van der Waals surface area contributed by atoms with Gasteiger partial charge in [-0.05, 0) is 47.1 Å². The van der Waals surface area contributed by atoms with Gasteiger partial charge in [-0.25, -0.2) is 8.78 Å². The summed E-state index contributed by atoms with van der Waals surface area (Å²) in [5, 5.41) is 11.1. The van der Waals surface area contributed by atoms with Crippen LogP contribution in [0.4, 0.5) is 14.5 Å². The van der Waals surface area contributed by atoms with Crippen molar-refractivity contribution in [3.8, 4) is 11.6 Å². The Hall–Kier alpha value is -2.20. The third kappa shape index (κ3) is 4.13. The van der Waals surface area contributed by atoms with Crippen LogP contribution in [0.15, 0.2) is 44.6 Å². The lowest BCUT2D eigenvalue weighted by molar-refractivity contribution is -0.113. The number of thioether (sulfide) groups is 1. The zero-order chi connectivity index (χ0) is 18.7. The Balaban J connectivity index is 1.67. The summed E-state index contributed by atoms with van der Waals surface area (Å²) in [4.78, 5) is 12.0. The van der Waals surface area contributed by atoms with Crippen molar-refractivity contribution in [2.75, 3.05) is 11.1 Å². The Morgan fingerprint density at radius 2 is 2.12 bits per heavy atom. The summed E-state index contributed by atoms with van der Waals surface area (Å²) in [6, 6.07) is 6.48. The van der Waals surface area contributed by atoms with Gasteiger partial charge >= 0.3 is 0 Å². The number of hydrogen-bond acceptors (Lipinski definition) is 5. The van der Waals surface area contributed by atoms with Crippen molar-refractivity contribution in [1.29, 1.82) is 0 Å². The van der Waals surface area contributed by atoms with Crippen LogP contribution in [0.25, 0.3) is 11.6 Å². The minimum absolute atomic E-state index is 0.00318. The van der Waals surface area contributed by atoms with E-state index in [2.05, 4.69) is 31.4 Å². The minimum atomic E-state index is -0.828. The van der Waals surface area contributed by atoms with E-state index < -0.39 is 17.5 Å². The number of anilines is 1. The van der Waals surface area contributed by atoms with Crippen molar-refractivity contribution in [1.82, 2.24) is 14.8 Å². The molecular formula is C16H13BrF2N4O2S. The van der Waals surface area contributed by atoms with Gasteiger partial charge in [-0.15, -0.1) is 10.2 Å². The van der Waals surface area contributed by atoms with Crippen LogP contribution in [-0.2, 0) is 11.3 Å². The summed E-state index contributed by atoms with van der Waals surface area (Å²) in [7, 11) is 0. The molecule has 0 atom stereocenters. The third-order valence-electron chi connectivity index (χ3n) is 3.36. The number of benzene rings is 1. The molecule has 1 aromatic carbocycles. The lowest BCUT2D eigenvalue weighted by Crippen LogP contribution is -2.15. The predicted octanol–water partition coefficient (Wildman–Crippen LogP) is 4.33. The van der Waals surface area contributed by atoms with Gasteiger partial charge in [0.15, 0.2) is 15.6 Å². The van der Waals surface area contributed by atoms with Crippen molar-refractivity contribution in [3.05, 3.63) is 46.6 Å². The Morgan fingerprint density at radius 1 is 1.31 bits per heavy atom. The van der Waals surface area contributed by atoms with Gasteiger partial charge in [-0.3, -0.25) is 9.36 Å².